The van der Waals surface area contributed by atoms with Gasteiger partial charge in [-0.05, 0) is 37.0 Å². The van der Waals surface area contributed by atoms with Crippen LogP contribution in [-0.4, -0.2) is 0 Å². The van der Waals surface area contributed by atoms with Crippen molar-refractivity contribution in [1.82, 2.24) is 0 Å². The topological polar surface area (TPSA) is 0 Å². The van der Waals surface area contributed by atoms with E-state index in [0.717, 1.165) is 17.8 Å². The van der Waals surface area contributed by atoms with E-state index in [2.05, 4.69) is 41.2 Å². The Hall–Kier alpha value is -0.260. The molecule has 0 fully saturated rings. The first-order valence-electron chi connectivity index (χ1n) is 6.12. The molecule has 0 saturated heterocycles. The van der Waals surface area contributed by atoms with Crippen LogP contribution in [0.3, 0.4) is 0 Å². The maximum atomic E-state index is 4.19. The molecular formula is C14H28. The van der Waals surface area contributed by atoms with Gasteiger partial charge in [-0.2, -0.15) is 0 Å². The van der Waals surface area contributed by atoms with Gasteiger partial charge in [0.2, 0.25) is 0 Å². The lowest BCUT2D eigenvalue weighted by atomic mass is 9.89. The Morgan fingerprint density at radius 1 is 1.00 bits per heavy atom. The van der Waals surface area contributed by atoms with E-state index in [-0.39, 0.29) is 0 Å². The Bertz CT molecular complexity index is 155. The van der Waals surface area contributed by atoms with Crippen molar-refractivity contribution in [2.75, 3.05) is 0 Å². The molecule has 0 N–H and O–H groups in total. The van der Waals surface area contributed by atoms with Crippen LogP contribution in [0.5, 0.6) is 0 Å². The molecule has 0 bridgehead atoms. The third kappa shape index (κ3) is 7.17. The fourth-order valence-corrected chi connectivity index (χ4v) is 2.10. The molecule has 0 aliphatic rings. The molecule has 0 radical (unpaired) electrons. The van der Waals surface area contributed by atoms with Gasteiger partial charge in [0.05, 0.1) is 0 Å². The van der Waals surface area contributed by atoms with Crippen molar-refractivity contribution in [3.05, 3.63) is 12.2 Å². The van der Waals surface area contributed by atoms with Crippen molar-refractivity contribution in [2.24, 2.45) is 17.8 Å². The largest absolute Gasteiger partial charge is 0.0998 e. The second kappa shape index (κ2) is 7.09. The second-order valence-corrected chi connectivity index (χ2v) is 5.41. The number of hydrogen-bond acceptors (Lipinski definition) is 0. The van der Waals surface area contributed by atoms with E-state index in [0.29, 0.717) is 0 Å². The summed E-state index contributed by atoms with van der Waals surface area (Å²) in [6, 6.07) is 0. The first-order chi connectivity index (χ1) is 6.45. The Morgan fingerprint density at radius 3 is 1.93 bits per heavy atom. The molecule has 0 aromatic rings. The number of rotatable bonds is 7. The molecule has 0 saturated carbocycles. The Labute approximate surface area is 90.8 Å². The minimum atomic E-state index is 0.812. The van der Waals surface area contributed by atoms with Crippen LogP contribution >= 0.6 is 0 Å². The lowest BCUT2D eigenvalue weighted by molar-refractivity contribution is 0.424. The summed E-state index contributed by atoms with van der Waals surface area (Å²) in [6.07, 6.45) is 5.05. The van der Waals surface area contributed by atoms with Crippen LogP contribution in [0.1, 0.15) is 60.3 Å². The normalized spacial score (nSPS) is 15.6. The molecule has 2 unspecified atom stereocenters. The third-order valence-corrected chi connectivity index (χ3v) is 2.84. The van der Waals surface area contributed by atoms with Crippen molar-refractivity contribution >= 4 is 0 Å². The summed E-state index contributed by atoms with van der Waals surface area (Å²) in [7, 11) is 0. The molecular weight excluding hydrogens is 168 g/mol. The maximum absolute atomic E-state index is 4.19. The molecule has 84 valence electrons. The van der Waals surface area contributed by atoms with E-state index < -0.39 is 0 Å². The fraction of sp³-hybridized carbons (Fsp3) is 0.857. The fourth-order valence-electron chi connectivity index (χ4n) is 2.10. The highest BCUT2D eigenvalue weighted by molar-refractivity contribution is 4.96. The van der Waals surface area contributed by atoms with E-state index in [9.17, 15) is 0 Å². The molecule has 14 heavy (non-hydrogen) atoms. The highest BCUT2D eigenvalue weighted by Gasteiger charge is 2.08. The molecule has 0 aromatic heterocycles. The van der Waals surface area contributed by atoms with Crippen molar-refractivity contribution < 1.29 is 0 Å². The average molecular weight is 196 g/mol. The van der Waals surface area contributed by atoms with E-state index in [1.54, 1.807) is 0 Å². The lowest BCUT2D eigenvalue weighted by Crippen LogP contribution is -2.03. The van der Waals surface area contributed by atoms with Gasteiger partial charge >= 0.3 is 0 Å². The predicted octanol–water partition coefficient (Wildman–Crippen LogP) is 5.05. The zero-order valence-electron chi connectivity index (χ0n) is 10.8. The van der Waals surface area contributed by atoms with E-state index >= 15 is 0 Å². The summed E-state index contributed by atoms with van der Waals surface area (Å²) >= 11 is 0. The quantitative estimate of drug-likeness (QED) is 0.500. The SMILES string of the molecule is C=C(CC(C)CC)CC(C)CC(C)C. The summed E-state index contributed by atoms with van der Waals surface area (Å²) < 4.78 is 0. The highest BCUT2D eigenvalue weighted by Crippen LogP contribution is 2.23. The molecule has 0 aromatic carbocycles. The number of allylic oxidation sites excluding steroid dienone is 1. The molecule has 0 nitrogen and oxygen atoms in total. The van der Waals surface area contributed by atoms with Crippen LogP contribution in [0.25, 0.3) is 0 Å². The van der Waals surface area contributed by atoms with Crippen molar-refractivity contribution in [3.8, 4) is 0 Å². The standard InChI is InChI=1S/C14H28/c1-7-12(4)9-14(6)10-13(5)8-11(2)3/h11-13H,6-10H2,1-5H3. The van der Waals surface area contributed by atoms with Gasteiger partial charge in [-0.25, -0.2) is 0 Å². The zero-order chi connectivity index (χ0) is 11.1. The molecule has 0 heteroatoms. The molecule has 0 amide bonds. The van der Waals surface area contributed by atoms with Crippen LogP contribution in [0.15, 0.2) is 12.2 Å². The van der Waals surface area contributed by atoms with E-state index in [1.807, 2.05) is 0 Å². The number of hydrogen-bond donors (Lipinski definition) is 0. The molecule has 0 aliphatic heterocycles. The minimum absolute atomic E-state index is 0.812. The van der Waals surface area contributed by atoms with Gasteiger partial charge in [0, 0.05) is 0 Å². The summed E-state index contributed by atoms with van der Waals surface area (Å²) in [5, 5.41) is 0. The summed E-state index contributed by atoms with van der Waals surface area (Å²) in [5.74, 6) is 2.45. The Morgan fingerprint density at radius 2 is 1.50 bits per heavy atom. The van der Waals surface area contributed by atoms with Gasteiger partial charge in [-0.1, -0.05) is 53.2 Å². The molecule has 0 heterocycles. The first-order valence-corrected chi connectivity index (χ1v) is 6.12. The Balaban J connectivity index is 3.71. The molecule has 0 spiro atoms. The summed E-state index contributed by atoms with van der Waals surface area (Å²) in [6.45, 7) is 15.7. The van der Waals surface area contributed by atoms with Crippen LogP contribution < -0.4 is 0 Å². The van der Waals surface area contributed by atoms with Crippen molar-refractivity contribution in [1.29, 1.82) is 0 Å². The van der Waals surface area contributed by atoms with E-state index in [4.69, 9.17) is 0 Å². The van der Waals surface area contributed by atoms with Gasteiger partial charge in [0.1, 0.15) is 0 Å². The average Bonchev–Trinajstić information content (AvgIpc) is 2.01. The van der Waals surface area contributed by atoms with Crippen LogP contribution in [0, 0.1) is 17.8 Å². The van der Waals surface area contributed by atoms with Crippen LogP contribution in [0.4, 0.5) is 0 Å². The zero-order valence-corrected chi connectivity index (χ0v) is 10.8. The van der Waals surface area contributed by atoms with Gasteiger partial charge in [-0.15, -0.1) is 0 Å². The Kier molecular flexibility index (Phi) is 6.96. The van der Waals surface area contributed by atoms with E-state index in [1.165, 1.54) is 31.3 Å². The lowest BCUT2D eigenvalue weighted by Gasteiger charge is -2.17. The van der Waals surface area contributed by atoms with Crippen LogP contribution in [-0.2, 0) is 0 Å². The van der Waals surface area contributed by atoms with Crippen molar-refractivity contribution in [2.45, 2.75) is 60.3 Å². The second-order valence-electron chi connectivity index (χ2n) is 5.41. The highest BCUT2D eigenvalue weighted by atomic mass is 14.1. The smallest absolute Gasteiger partial charge is 0.0297 e. The first kappa shape index (κ1) is 13.7. The monoisotopic (exact) mass is 196 g/mol. The van der Waals surface area contributed by atoms with Gasteiger partial charge < -0.3 is 0 Å². The predicted molar refractivity (Wildman–Crippen MR) is 66.4 cm³/mol. The molecule has 0 aliphatic carbocycles. The minimum Gasteiger partial charge on any atom is -0.0998 e. The van der Waals surface area contributed by atoms with Gasteiger partial charge in [0.25, 0.3) is 0 Å². The third-order valence-electron chi connectivity index (χ3n) is 2.84. The molecule has 2 atom stereocenters. The molecule has 0 rings (SSSR count). The van der Waals surface area contributed by atoms with Gasteiger partial charge in [-0.3, -0.25) is 0 Å². The summed E-state index contributed by atoms with van der Waals surface area (Å²) in [5.41, 5.74) is 1.45. The summed E-state index contributed by atoms with van der Waals surface area (Å²) in [4.78, 5) is 0. The maximum Gasteiger partial charge on any atom is -0.0297 e. The van der Waals surface area contributed by atoms with Gasteiger partial charge in [0.15, 0.2) is 0 Å². The van der Waals surface area contributed by atoms with Crippen LogP contribution in [0.2, 0.25) is 0 Å². The van der Waals surface area contributed by atoms with Crippen molar-refractivity contribution in [3.63, 3.8) is 0 Å².